The van der Waals surface area contributed by atoms with E-state index in [0.717, 1.165) is 44.2 Å². The molecule has 0 spiro atoms. The molecule has 0 aliphatic carbocycles. The van der Waals surface area contributed by atoms with Gasteiger partial charge in [0.25, 0.3) is 0 Å². The van der Waals surface area contributed by atoms with Gasteiger partial charge in [-0.3, -0.25) is 4.90 Å². The quantitative estimate of drug-likeness (QED) is 0.812. The highest BCUT2D eigenvalue weighted by molar-refractivity contribution is 5.20. The fraction of sp³-hybridized carbons (Fsp3) is 0.600. The minimum Gasteiger partial charge on any atom is -0.463 e. The zero-order valence-corrected chi connectivity index (χ0v) is 11.8. The molecule has 2 rings (SSSR count). The summed E-state index contributed by atoms with van der Waals surface area (Å²) in [5.74, 6) is 2.17. The smallest absolute Gasteiger partial charge is 0.120 e. The Bertz CT molecular complexity index is 420. The molecule has 1 aromatic rings. The van der Waals surface area contributed by atoms with Gasteiger partial charge in [0.2, 0.25) is 0 Å². The fourth-order valence-electron chi connectivity index (χ4n) is 2.26. The average Bonchev–Trinajstić information content (AvgIpc) is 2.70. The van der Waals surface area contributed by atoms with Crippen LogP contribution in [0.5, 0.6) is 0 Å². The minimum atomic E-state index is 0.835. The van der Waals surface area contributed by atoms with Crippen LogP contribution in [-0.2, 0) is 13.1 Å². The number of nitrogens with one attached hydrogen (secondary N) is 1. The van der Waals surface area contributed by atoms with Gasteiger partial charge in [-0.1, -0.05) is 18.6 Å². The van der Waals surface area contributed by atoms with Gasteiger partial charge < -0.3 is 9.73 Å². The lowest BCUT2D eigenvalue weighted by molar-refractivity contribution is 0.257. The van der Waals surface area contributed by atoms with Crippen LogP contribution in [0.4, 0.5) is 0 Å². The molecule has 2 heterocycles. The summed E-state index contributed by atoms with van der Waals surface area (Å²) in [5, 5.41) is 3.31. The molecule has 3 nitrogen and oxygen atoms in total. The molecule has 100 valence electrons. The highest BCUT2D eigenvalue weighted by Crippen LogP contribution is 2.18. The summed E-state index contributed by atoms with van der Waals surface area (Å²) in [6, 6.07) is 2.18. The Hall–Kier alpha value is -1.06. The van der Waals surface area contributed by atoms with Crippen molar-refractivity contribution >= 4 is 0 Å². The van der Waals surface area contributed by atoms with Crippen molar-refractivity contribution < 1.29 is 4.42 Å². The standard InChI is InChI=1S/C15H24N2O/c1-4-16-10-15-13(3)9-14(18-15)11-17-7-5-12(2)6-8-17/h5,9,16H,4,6-8,10-11H2,1-3H3. The number of aryl methyl sites for hydroxylation is 1. The molecule has 0 radical (unpaired) electrons. The first-order chi connectivity index (χ1) is 8.69. The minimum absolute atomic E-state index is 0.835. The number of hydrogen-bond acceptors (Lipinski definition) is 3. The first kappa shape index (κ1) is 13.4. The first-order valence-corrected chi connectivity index (χ1v) is 6.86. The van der Waals surface area contributed by atoms with Crippen LogP contribution in [0, 0.1) is 6.92 Å². The van der Waals surface area contributed by atoms with Gasteiger partial charge in [0, 0.05) is 13.1 Å². The zero-order valence-electron chi connectivity index (χ0n) is 11.8. The molecule has 0 fully saturated rings. The topological polar surface area (TPSA) is 28.4 Å². The second-order valence-corrected chi connectivity index (χ2v) is 5.13. The van der Waals surface area contributed by atoms with E-state index in [9.17, 15) is 0 Å². The molecule has 1 aromatic heterocycles. The van der Waals surface area contributed by atoms with E-state index in [2.05, 4.69) is 43.1 Å². The first-order valence-electron chi connectivity index (χ1n) is 6.86. The number of furan rings is 1. The average molecular weight is 248 g/mol. The lowest BCUT2D eigenvalue weighted by Crippen LogP contribution is -2.27. The number of nitrogens with zero attached hydrogens (tertiary/aromatic N) is 1. The molecule has 3 heteroatoms. The van der Waals surface area contributed by atoms with E-state index in [4.69, 9.17) is 4.42 Å². The number of hydrogen-bond donors (Lipinski definition) is 1. The Balaban J connectivity index is 1.93. The van der Waals surface area contributed by atoms with Gasteiger partial charge in [-0.2, -0.15) is 0 Å². The van der Waals surface area contributed by atoms with Gasteiger partial charge in [0.1, 0.15) is 11.5 Å². The van der Waals surface area contributed by atoms with Crippen molar-refractivity contribution in [2.45, 2.75) is 40.3 Å². The Kier molecular flexibility index (Phi) is 4.61. The van der Waals surface area contributed by atoms with Gasteiger partial charge in [-0.15, -0.1) is 0 Å². The second-order valence-electron chi connectivity index (χ2n) is 5.13. The van der Waals surface area contributed by atoms with Crippen molar-refractivity contribution in [1.82, 2.24) is 10.2 Å². The van der Waals surface area contributed by atoms with E-state index in [1.54, 1.807) is 0 Å². The summed E-state index contributed by atoms with van der Waals surface area (Å²) in [6.07, 6.45) is 3.50. The molecule has 0 atom stereocenters. The molecule has 0 saturated carbocycles. The van der Waals surface area contributed by atoms with E-state index < -0.39 is 0 Å². The molecule has 0 saturated heterocycles. The van der Waals surface area contributed by atoms with Gasteiger partial charge in [-0.25, -0.2) is 0 Å². The molecular weight excluding hydrogens is 224 g/mol. The largest absolute Gasteiger partial charge is 0.463 e. The van der Waals surface area contributed by atoms with Crippen molar-refractivity contribution in [3.8, 4) is 0 Å². The summed E-state index contributed by atoms with van der Waals surface area (Å²) >= 11 is 0. The predicted molar refractivity (Wildman–Crippen MR) is 74.5 cm³/mol. The molecule has 0 bridgehead atoms. The Morgan fingerprint density at radius 3 is 2.89 bits per heavy atom. The molecular formula is C15H24N2O. The predicted octanol–water partition coefficient (Wildman–Crippen LogP) is 2.85. The molecule has 0 amide bonds. The lowest BCUT2D eigenvalue weighted by Gasteiger charge is -2.23. The van der Waals surface area contributed by atoms with E-state index >= 15 is 0 Å². The highest BCUT2D eigenvalue weighted by atomic mass is 16.3. The van der Waals surface area contributed by atoms with Crippen LogP contribution < -0.4 is 5.32 Å². The Morgan fingerprint density at radius 2 is 2.22 bits per heavy atom. The van der Waals surface area contributed by atoms with Crippen LogP contribution >= 0.6 is 0 Å². The lowest BCUT2D eigenvalue weighted by atomic mass is 10.1. The maximum absolute atomic E-state index is 5.92. The van der Waals surface area contributed by atoms with E-state index in [0.29, 0.717) is 0 Å². The summed E-state index contributed by atoms with van der Waals surface area (Å²) < 4.78 is 5.92. The molecule has 1 aliphatic heterocycles. The van der Waals surface area contributed by atoms with Crippen molar-refractivity contribution in [2.24, 2.45) is 0 Å². The summed E-state index contributed by atoms with van der Waals surface area (Å²) in [6.45, 7) is 11.4. The third-order valence-electron chi connectivity index (χ3n) is 3.51. The Labute approximate surface area is 110 Å². The maximum Gasteiger partial charge on any atom is 0.120 e. The fourth-order valence-corrected chi connectivity index (χ4v) is 2.26. The van der Waals surface area contributed by atoms with Crippen molar-refractivity contribution in [3.05, 3.63) is 34.8 Å². The van der Waals surface area contributed by atoms with Crippen molar-refractivity contribution in [3.63, 3.8) is 0 Å². The van der Waals surface area contributed by atoms with Crippen LogP contribution in [0.15, 0.2) is 22.1 Å². The summed E-state index contributed by atoms with van der Waals surface area (Å²) in [4.78, 5) is 2.43. The van der Waals surface area contributed by atoms with Gasteiger partial charge in [-0.05, 0) is 38.4 Å². The second kappa shape index (κ2) is 6.21. The number of rotatable bonds is 5. The highest BCUT2D eigenvalue weighted by Gasteiger charge is 2.13. The van der Waals surface area contributed by atoms with Gasteiger partial charge >= 0.3 is 0 Å². The SMILES string of the molecule is CCNCc1oc(CN2CC=C(C)CC2)cc1C. The third kappa shape index (κ3) is 3.47. The molecule has 18 heavy (non-hydrogen) atoms. The van der Waals surface area contributed by atoms with Crippen LogP contribution in [-0.4, -0.2) is 24.5 Å². The molecule has 1 N–H and O–H groups in total. The van der Waals surface area contributed by atoms with Gasteiger partial charge in [0.15, 0.2) is 0 Å². The van der Waals surface area contributed by atoms with Crippen LogP contribution in [0.1, 0.15) is 37.4 Å². The zero-order chi connectivity index (χ0) is 13.0. The van der Waals surface area contributed by atoms with Crippen LogP contribution in [0.25, 0.3) is 0 Å². The van der Waals surface area contributed by atoms with Gasteiger partial charge in [0.05, 0.1) is 13.1 Å². The van der Waals surface area contributed by atoms with E-state index in [1.165, 1.54) is 17.6 Å². The monoisotopic (exact) mass is 248 g/mol. The summed E-state index contributed by atoms with van der Waals surface area (Å²) in [7, 11) is 0. The van der Waals surface area contributed by atoms with E-state index in [1.807, 2.05) is 0 Å². The Morgan fingerprint density at radius 1 is 1.39 bits per heavy atom. The molecule has 0 unspecified atom stereocenters. The van der Waals surface area contributed by atoms with E-state index in [-0.39, 0.29) is 0 Å². The van der Waals surface area contributed by atoms with Crippen LogP contribution in [0.3, 0.4) is 0 Å². The van der Waals surface area contributed by atoms with Crippen molar-refractivity contribution in [2.75, 3.05) is 19.6 Å². The normalized spacial score (nSPS) is 16.9. The molecule has 1 aliphatic rings. The van der Waals surface area contributed by atoms with Crippen molar-refractivity contribution in [1.29, 1.82) is 0 Å². The summed E-state index contributed by atoms with van der Waals surface area (Å²) in [5.41, 5.74) is 2.77. The van der Waals surface area contributed by atoms with Crippen LogP contribution in [0.2, 0.25) is 0 Å². The molecule has 0 aromatic carbocycles. The maximum atomic E-state index is 5.92. The third-order valence-corrected chi connectivity index (χ3v) is 3.51.